The van der Waals surface area contributed by atoms with Crippen molar-refractivity contribution in [3.63, 3.8) is 0 Å². The van der Waals surface area contributed by atoms with E-state index < -0.39 is 5.91 Å². The van der Waals surface area contributed by atoms with Gasteiger partial charge in [0.15, 0.2) is 0 Å². The third-order valence-corrected chi connectivity index (χ3v) is 9.58. The summed E-state index contributed by atoms with van der Waals surface area (Å²) in [6.07, 6.45) is 1.80. The van der Waals surface area contributed by atoms with Gasteiger partial charge in [-0.2, -0.15) is 4.31 Å². The number of H-pyrrole nitrogens is 1. The molecule has 3 N–H and O–H groups in total. The van der Waals surface area contributed by atoms with E-state index in [2.05, 4.69) is 4.98 Å². The van der Waals surface area contributed by atoms with E-state index in [1.54, 1.807) is 10.4 Å². The predicted octanol–water partition coefficient (Wildman–Crippen LogP) is 5.37. The van der Waals surface area contributed by atoms with Crippen LogP contribution >= 0.6 is 35.1 Å². The number of carbonyl (C=O) groups excluding carboxylic acids is 1. The van der Waals surface area contributed by atoms with Crippen LogP contribution in [0.3, 0.4) is 0 Å². The molecule has 3 aromatic rings. The van der Waals surface area contributed by atoms with Crippen molar-refractivity contribution in [1.29, 1.82) is 0 Å². The zero-order valence-electron chi connectivity index (χ0n) is 22.2. The van der Waals surface area contributed by atoms with Gasteiger partial charge in [-0.05, 0) is 67.6 Å². The molecule has 212 valence electrons. The molecular formula is C30H33Cl2N3O4S. The monoisotopic (exact) mass is 601 g/mol. The lowest BCUT2D eigenvalue weighted by molar-refractivity contribution is -0.223. The number of benzene rings is 2. The number of hydrogen-bond acceptors (Lipinski definition) is 6. The fraction of sp³-hybridized carbons (Fsp3) is 0.400. The Labute approximate surface area is 248 Å². The highest BCUT2D eigenvalue weighted by Gasteiger charge is 2.45. The van der Waals surface area contributed by atoms with Crippen LogP contribution < -0.4 is 5.56 Å². The summed E-state index contributed by atoms with van der Waals surface area (Å²) in [4.78, 5) is 31.2. The summed E-state index contributed by atoms with van der Waals surface area (Å²) >= 11 is 14.1. The molecule has 1 aromatic heterocycles. The molecule has 1 amide bonds. The van der Waals surface area contributed by atoms with Gasteiger partial charge in [-0.1, -0.05) is 65.5 Å². The Morgan fingerprint density at radius 3 is 2.45 bits per heavy atom. The van der Waals surface area contributed by atoms with Crippen LogP contribution in [0.15, 0.2) is 71.5 Å². The number of piperidine rings is 1. The Kier molecular flexibility index (Phi) is 8.95. The molecule has 2 aliphatic rings. The Hall–Kier alpha value is -2.33. The molecule has 10 heteroatoms. The van der Waals surface area contributed by atoms with E-state index in [1.807, 2.05) is 66.4 Å². The van der Waals surface area contributed by atoms with E-state index in [0.29, 0.717) is 47.3 Å². The summed E-state index contributed by atoms with van der Waals surface area (Å²) in [5, 5.41) is 22.0. The molecule has 2 fully saturated rings. The lowest BCUT2D eigenvalue weighted by Gasteiger charge is -2.48. The molecule has 7 nitrogen and oxygen atoms in total. The summed E-state index contributed by atoms with van der Waals surface area (Å²) in [7, 11) is 0. The minimum absolute atomic E-state index is 0.00349. The maximum absolute atomic E-state index is 14.3. The van der Waals surface area contributed by atoms with Gasteiger partial charge in [-0.3, -0.25) is 9.59 Å². The number of hydrogen-bond donors (Lipinski definition) is 3. The third-order valence-electron chi connectivity index (χ3n) is 7.92. The Morgan fingerprint density at radius 2 is 1.77 bits per heavy atom. The molecule has 40 heavy (non-hydrogen) atoms. The maximum Gasteiger partial charge on any atom is 0.248 e. The Balaban J connectivity index is 1.54. The fourth-order valence-electron chi connectivity index (χ4n) is 5.93. The molecule has 0 saturated carbocycles. The summed E-state index contributed by atoms with van der Waals surface area (Å²) in [5.41, 5.74) is 2.52. The van der Waals surface area contributed by atoms with E-state index in [-0.39, 0.29) is 41.8 Å². The lowest BCUT2D eigenvalue weighted by atomic mass is 9.74. The molecule has 2 saturated heterocycles. The van der Waals surface area contributed by atoms with Gasteiger partial charge in [-0.15, -0.1) is 0 Å². The second-order valence-electron chi connectivity index (χ2n) is 10.7. The number of nitrogens with zero attached hydrogens (tertiary/aromatic N) is 2. The van der Waals surface area contributed by atoms with Gasteiger partial charge in [0.2, 0.25) is 17.4 Å². The zero-order chi connectivity index (χ0) is 28.4. The molecular weight excluding hydrogens is 569 g/mol. The zero-order valence-corrected chi connectivity index (χ0v) is 24.5. The van der Waals surface area contributed by atoms with E-state index >= 15 is 0 Å². The minimum atomic E-state index is -1.85. The van der Waals surface area contributed by atoms with Crippen LogP contribution in [0.1, 0.15) is 55.0 Å². The molecule has 0 radical (unpaired) electrons. The molecule has 0 bridgehead atoms. The van der Waals surface area contributed by atoms with Gasteiger partial charge in [0.25, 0.3) is 0 Å². The van der Waals surface area contributed by atoms with Gasteiger partial charge >= 0.3 is 0 Å². The SMILES string of the molecule is C[C@@H](CCN1SCCC1(O)O)N1C(=O)[C@H](Cc2cccc(=O)[nH]2)C[C@H](c2cccc(Cl)c2)[C@H]1c1ccc(Cl)cc1. The van der Waals surface area contributed by atoms with E-state index in [9.17, 15) is 19.8 Å². The highest BCUT2D eigenvalue weighted by Crippen LogP contribution is 2.47. The molecule has 0 unspecified atom stereocenters. The Bertz CT molecular complexity index is 1400. The van der Waals surface area contributed by atoms with Crippen LogP contribution in [0.5, 0.6) is 0 Å². The highest BCUT2D eigenvalue weighted by atomic mass is 35.5. The van der Waals surface area contributed by atoms with Gasteiger partial charge in [0, 0.05) is 58.4 Å². The number of nitrogens with one attached hydrogen (secondary N) is 1. The quantitative estimate of drug-likeness (QED) is 0.237. The normalized spacial score (nSPS) is 23.9. The summed E-state index contributed by atoms with van der Waals surface area (Å²) in [6, 6.07) is 19.9. The summed E-state index contributed by atoms with van der Waals surface area (Å²) in [6.45, 7) is 2.42. The number of pyridine rings is 1. The topological polar surface area (TPSA) is 96.9 Å². The molecule has 5 rings (SSSR count). The molecule has 2 aliphatic heterocycles. The smallest absolute Gasteiger partial charge is 0.248 e. The van der Waals surface area contributed by atoms with Crippen molar-refractivity contribution in [3.05, 3.63) is 104 Å². The van der Waals surface area contributed by atoms with Crippen molar-refractivity contribution in [2.45, 2.75) is 56.5 Å². The lowest BCUT2D eigenvalue weighted by Crippen LogP contribution is -2.52. The molecule has 2 aromatic carbocycles. The van der Waals surface area contributed by atoms with E-state index in [1.165, 1.54) is 18.0 Å². The second kappa shape index (κ2) is 12.3. The first-order chi connectivity index (χ1) is 19.1. The molecule has 3 heterocycles. The van der Waals surface area contributed by atoms with E-state index in [0.717, 1.165) is 11.1 Å². The van der Waals surface area contributed by atoms with Gasteiger partial charge in [0.1, 0.15) is 0 Å². The van der Waals surface area contributed by atoms with Crippen molar-refractivity contribution >= 4 is 41.1 Å². The molecule has 4 atom stereocenters. The predicted molar refractivity (Wildman–Crippen MR) is 159 cm³/mol. The van der Waals surface area contributed by atoms with Gasteiger partial charge in [0.05, 0.1) is 6.04 Å². The molecule has 0 aliphatic carbocycles. The first kappa shape index (κ1) is 29.2. The van der Waals surface area contributed by atoms with Crippen LogP contribution in [0.4, 0.5) is 0 Å². The average molecular weight is 603 g/mol. The van der Waals surface area contributed by atoms with Crippen molar-refractivity contribution in [2.24, 2.45) is 5.92 Å². The van der Waals surface area contributed by atoms with Crippen LogP contribution in [-0.4, -0.2) is 54.6 Å². The van der Waals surface area contributed by atoms with Crippen LogP contribution in [0.25, 0.3) is 0 Å². The third kappa shape index (κ3) is 6.43. The largest absolute Gasteiger partial charge is 0.353 e. The second-order valence-corrected chi connectivity index (χ2v) is 12.7. The number of halogens is 2. The number of aromatic nitrogens is 1. The van der Waals surface area contributed by atoms with Crippen molar-refractivity contribution in [1.82, 2.24) is 14.2 Å². The number of carbonyl (C=O) groups is 1. The minimum Gasteiger partial charge on any atom is -0.353 e. The van der Waals surface area contributed by atoms with Crippen molar-refractivity contribution < 1.29 is 15.0 Å². The summed E-state index contributed by atoms with van der Waals surface area (Å²) < 4.78 is 1.59. The number of rotatable bonds is 8. The number of amides is 1. The highest BCUT2D eigenvalue weighted by molar-refractivity contribution is 7.97. The average Bonchev–Trinajstić information content (AvgIpc) is 3.26. The maximum atomic E-state index is 14.3. The Morgan fingerprint density at radius 1 is 1.02 bits per heavy atom. The number of aromatic amines is 1. The molecule has 0 spiro atoms. The van der Waals surface area contributed by atoms with Crippen molar-refractivity contribution in [3.8, 4) is 0 Å². The van der Waals surface area contributed by atoms with Gasteiger partial charge in [-0.25, -0.2) is 0 Å². The first-order valence-electron chi connectivity index (χ1n) is 13.5. The number of aliphatic hydroxyl groups is 2. The van der Waals surface area contributed by atoms with Gasteiger partial charge < -0.3 is 20.1 Å². The van der Waals surface area contributed by atoms with E-state index in [4.69, 9.17) is 23.2 Å². The van der Waals surface area contributed by atoms with Crippen molar-refractivity contribution in [2.75, 3.05) is 12.3 Å². The fourth-order valence-corrected chi connectivity index (χ4v) is 7.38. The first-order valence-corrected chi connectivity index (χ1v) is 15.2. The summed E-state index contributed by atoms with van der Waals surface area (Å²) in [5.74, 6) is -1.66. The van der Waals surface area contributed by atoms with Crippen LogP contribution in [0, 0.1) is 5.92 Å². The standard InChI is InChI=1S/C30H33Cl2N3O4S/c1-19(12-14-34-30(38,39)13-15-40-34)35-28(20-8-10-23(31)11-9-20)26(21-4-2-5-24(32)16-21)18-22(29(35)37)17-25-6-3-7-27(36)33-25/h2-11,16,19,22,26,28,38-39H,12-15,17-18H2,1H3,(H,33,36)/t19-,22+,26+,28+/m0/s1. The number of likely N-dealkylation sites (tertiary alicyclic amines) is 1. The van der Waals surface area contributed by atoms with Crippen LogP contribution in [-0.2, 0) is 11.2 Å². The van der Waals surface area contributed by atoms with Crippen LogP contribution in [0.2, 0.25) is 10.0 Å².